The molecule has 5 heteroatoms. The molecule has 0 amide bonds. The highest BCUT2D eigenvalue weighted by Gasteiger charge is 2.41. The summed E-state index contributed by atoms with van der Waals surface area (Å²) < 4.78 is 0. The van der Waals surface area contributed by atoms with Crippen LogP contribution in [0.4, 0.5) is 11.4 Å². The Labute approximate surface area is 156 Å². The largest absolute Gasteiger partial charge is 0.508 e. The smallest absolute Gasteiger partial charge is 0.292 e. The van der Waals surface area contributed by atoms with Crippen LogP contribution in [0, 0.1) is 16.0 Å². The molecule has 1 aliphatic heterocycles. The topological polar surface area (TPSA) is 75.4 Å². The molecule has 3 aromatic rings. The molecule has 3 atom stereocenters. The van der Waals surface area contributed by atoms with Crippen molar-refractivity contribution in [2.24, 2.45) is 5.92 Å². The average Bonchev–Trinajstić information content (AvgIpc) is 3.17. The highest BCUT2D eigenvalue weighted by Crippen LogP contribution is 2.54. The summed E-state index contributed by atoms with van der Waals surface area (Å²) in [5.41, 5.74) is 2.41. The second kappa shape index (κ2) is 5.84. The Kier molecular flexibility index (Phi) is 3.44. The maximum absolute atomic E-state index is 11.6. The predicted molar refractivity (Wildman–Crippen MR) is 105 cm³/mol. The van der Waals surface area contributed by atoms with Crippen LogP contribution in [0.25, 0.3) is 10.8 Å². The number of hydrogen-bond acceptors (Lipinski definition) is 4. The van der Waals surface area contributed by atoms with Gasteiger partial charge in [0.1, 0.15) is 11.4 Å². The fourth-order valence-corrected chi connectivity index (χ4v) is 4.65. The van der Waals surface area contributed by atoms with Gasteiger partial charge in [-0.15, -0.1) is 0 Å². The molecule has 0 bridgehead atoms. The van der Waals surface area contributed by atoms with E-state index in [2.05, 4.69) is 17.5 Å². The number of nitrogens with one attached hydrogen (secondary N) is 1. The number of fused-ring (bicyclic) bond motifs is 4. The molecule has 0 aromatic heterocycles. The lowest BCUT2D eigenvalue weighted by Gasteiger charge is -2.37. The minimum Gasteiger partial charge on any atom is -0.508 e. The zero-order valence-electron chi connectivity index (χ0n) is 14.5. The molecule has 5 nitrogen and oxygen atoms in total. The first-order valence-corrected chi connectivity index (χ1v) is 9.06. The van der Waals surface area contributed by atoms with Crippen molar-refractivity contribution in [3.63, 3.8) is 0 Å². The van der Waals surface area contributed by atoms with Gasteiger partial charge in [0, 0.05) is 17.5 Å². The van der Waals surface area contributed by atoms with Crippen molar-refractivity contribution in [3.05, 3.63) is 88.0 Å². The second-order valence-electron chi connectivity index (χ2n) is 7.19. The van der Waals surface area contributed by atoms with E-state index in [0.717, 1.165) is 28.3 Å². The normalized spacial score (nSPS) is 22.9. The van der Waals surface area contributed by atoms with E-state index in [-0.39, 0.29) is 34.2 Å². The third-order valence-corrected chi connectivity index (χ3v) is 5.83. The summed E-state index contributed by atoms with van der Waals surface area (Å²) in [6.07, 6.45) is 5.15. The van der Waals surface area contributed by atoms with Crippen LogP contribution in [0.1, 0.15) is 29.5 Å². The van der Waals surface area contributed by atoms with Crippen molar-refractivity contribution < 1.29 is 10.0 Å². The minimum absolute atomic E-state index is 0.0796. The van der Waals surface area contributed by atoms with Gasteiger partial charge < -0.3 is 10.4 Å². The Morgan fingerprint density at radius 2 is 1.93 bits per heavy atom. The molecule has 0 fully saturated rings. The van der Waals surface area contributed by atoms with Crippen LogP contribution in [0.5, 0.6) is 5.75 Å². The highest BCUT2D eigenvalue weighted by atomic mass is 16.6. The van der Waals surface area contributed by atoms with E-state index in [9.17, 15) is 15.2 Å². The number of hydrogen-bond donors (Lipinski definition) is 2. The van der Waals surface area contributed by atoms with Gasteiger partial charge in [0.15, 0.2) is 0 Å². The van der Waals surface area contributed by atoms with Crippen LogP contribution >= 0.6 is 0 Å². The van der Waals surface area contributed by atoms with Gasteiger partial charge in [-0.1, -0.05) is 54.6 Å². The van der Waals surface area contributed by atoms with Crippen molar-refractivity contribution in [3.8, 4) is 5.75 Å². The number of phenolic OH excluding ortho intramolecular Hbond substituents is 1. The number of benzene rings is 3. The number of phenols is 1. The first-order chi connectivity index (χ1) is 13.1. The van der Waals surface area contributed by atoms with E-state index >= 15 is 0 Å². The molecule has 0 saturated heterocycles. The number of nitro groups is 1. The molecule has 2 N–H and O–H groups in total. The third-order valence-electron chi connectivity index (χ3n) is 5.83. The van der Waals surface area contributed by atoms with Crippen LogP contribution in [-0.4, -0.2) is 10.0 Å². The first-order valence-electron chi connectivity index (χ1n) is 9.06. The van der Waals surface area contributed by atoms with Crippen molar-refractivity contribution in [1.29, 1.82) is 0 Å². The van der Waals surface area contributed by atoms with Crippen LogP contribution < -0.4 is 5.32 Å². The van der Waals surface area contributed by atoms with Gasteiger partial charge in [0.25, 0.3) is 5.69 Å². The summed E-state index contributed by atoms with van der Waals surface area (Å²) in [5.74, 6) is 0.527. The number of nitrogens with zero attached hydrogens (tertiary/aromatic N) is 1. The maximum Gasteiger partial charge on any atom is 0.292 e. The lowest BCUT2D eigenvalue weighted by atomic mass is 9.75. The molecule has 2 aliphatic rings. The lowest BCUT2D eigenvalue weighted by Crippen LogP contribution is -2.29. The zero-order valence-corrected chi connectivity index (χ0v) is 14.5. The van der Waals surface area contributed by atoms with Crippen LogP contribution in [-0.2, 0) is 0 Å². The molecule has 3 aromatic carbocycles. The Morgan fingerprint density at radius 3 is 2.78 bits per heavy atom. The predicted octanol–water partition coefficient (Wildman–Crippen LogP) is 5.28. The number of para-hydroxylation sites is 1. The van der Waals surface area contributed by atoms with Crippen molar-refractivity contribution in [1.82, 2.24) is 0 Å². The molecule has 0 saturated carbocycles. The number of nitro benzene ring substituents is 1. The Bertz CT molecular complexity index is 1110. The number of rotatable bonds is 2. The average molecular weight is 358 g/mol. The molecule has 134 valence electrons. The molecule has 5 rings (SSSR count). The number of aromatic hydroxyl groups is 1. The number of allylic oxidation sites excluding steroid dienone is 2. The summed E-state index contributed by atoms with van der Waals surface area (Å²) >= 11 is 0. The van der Waals surface area contributed by atoms with Crippen LogP contribution in [0.3, 0.4) is 0 Å². The van der Waals surface area contributed by atoms with Gasteiger partial charge in [-0.25, -0.2) is 0 Å². The minimum atomic E-state index is -0.342. The quantitative estimate of drug-likeness (QED) is 0.371. The zero-order chi connectivity index (χ0) is 18.5. The molecular formula is C22H18N2O3. The molecule has 3 unspecified atom stereocenters. The van der Waals surface area contributed by atoms with E-state index in [1.54, 1.807) is 12.1 Å². The number of anilines is 1. The van der Waals surface area contributed by atoms with E-state index in [4.69, 9.17) is 0 Å². The molecule has 1 aliphatic carbocycles. The summed E-state index contributed by atoms with van der Waals surface area (Å²) in [6, 6.07) is 16.6. The van der Waals surface area contributed by atoms with Gasteiger partial charge in [0.05, 0.1) is 11.0 Å². The molecule has 0 radical (unpaired) electrons. The SMILES string of the molecule is O=[N+]([O-])c1cccc2c1NC(c1c(O)ccc3ccccc13)C1CC=CC21. The Morgan fingerprint density at radius 1 is 1.07 bits per heavy atom. The third kappa shape index (κ3) is 2.31. The molecule has 1 heterocycles. The van der Waals surface area contributed by atoms with Gasteiger partial charge >= 0.3 is 0 Å². The highest BCUT2D eigenvalue weighted by molar-refractivity contribution is 5.89. The van der Waals surface area contributed by atoms with E-state index in [0.29, 0.717) is 5.69 Å². The fraction of sp³-hybridized carbons (Fsp3) is 0.182. The van der Waals surface area contributed by atoms with Crippen molar-refractivity contribution in [2.75, 3.05) is 5.32 Å². The van der Waals surface area contributed by atoms with E-state index < -0.39 is 0 Å². The first kappa shape index (κ1) is 15.9. The maximum atomic E-state index is 11.6. The molecular weight excluding hydrogens is 340 g/mol. The lowest BCUT2D eigenvalue weighted by molar-refractivity contribution is -0.384. The molecule has 27 heavy (non-hydrogen) atoms. The fourth-order valence-electron chi connectivity index (χ4n) is 4.65. The van der Waals surface area contributed by atoms with Crippen molar-refractivity contribution in [2.45, 2.75) is 18.4 Å². The van der Waals surface area contributed by atoms with Gasteiger partial charge in [0.2, 0.25) is 0 Å². The van der Waals surface area contributed by atoms with Crippen LogP contribution in [0.2, 0.25) is 0 Å². The van der Waals surface area contributed by atoms with Gasteiger partial charge in [-0.3, -0.25) is 10.1 Å². The summed E-state index contributed by atoms with van der Waals surface area (Å²) in [5, 5.41) is 27.7. The van der Waals surface area contributed by atoms with Gasteiger partial charge in [-0.2, -0.15) is 0 Å². The van der Waals surface area contributed by atoms with Crippen molar-refractivity contribution >= 4 is 22.1 Å². The standard InChI is InChI=1S/C22H18N2O3/c25-19-12-11-13-5-1-2-6-14(13)20(19)22-17-8-3-7-15(17)16-9-4-10-18(24(26)27)21(16)23-22/h1-7,9-12,15,17,22-23,25H,8H2. The summed E-state index contributed by atoms with van der Waals surface area (Å²) in [4.78, 5) is 11.2. The van der Waals surface area contributed by atoms with E-state index in [1.807, 2.05) is 36.4 Å². The Balaban J connectivity index is 1.74. The summed E-state index contributed by atoms with van der Waals surface area (Å²) in [6.45, 7) is 0. The van der Waals surface area contributed by atoms with E-state index in [1.165, 1.54) is 6.07 Å². The summed E-state index contributed by atoms with van der Waals surface area (Å²) in [7, 11) is 0. The second-order valence-corrected chi connectivity index (χ2v) is 7.19. The monoisotopic (exact) mass is 358 g/mol. The Hall–Kier alpha value is -3.34. The van der Waals surface area contributed by atoms with Crippen LogP contribution in [0.15, 0.2) is 66.7 Å². The van der Waals surface area contributed by atoms with Gasteiger partial charge in [-0.05, 0) is 34.7 Å². The molecule has 0 spiro atoms.